The molecule has 0 saturated heterocycles. The van der Waals surface area contributed by atoms with Crippen LogP contribution in [-0.2, 0) is 33.1 Å². The van der Waals surface area contributed by atoms with Crippen molar-refractivity contribution in [3.63, 3.8) is 0 Å². The first-order valence-electron chi connectivity index (χ1n) is 11.7. The number of imidazole rings is 2. The van der Waals surface area contributed by atoms with E-state index in [1.807, 2.05) is 29.8 Å². The molecule has 9 heteroatoms. The molecule has 0 fully saturated rings. The molecule has 0 amide bonds. The third-order valence-electron chi connectivity index (χ3n) is 6.92. The summed E-state index contributed by atoms with van der Waals surface area (Å²) in [6.07, 6.45) is 0.466. The van der Waals surface area contributed by atoms with Gasteiger partial charge in [-0.15, -0.1) is 0 Å². The van der Waals surface area contributed by atoms with E-state index in [0.717, 1.165) is 52.4 Å². The highest BCUT2D eigenvalue weighted by molar-refractivity contribution is 6.30. The number of fused-ring (bicyclic) bond motifs is 4. The van der Waals surface area contributed by atoms with Gasteiger partial charge in [-0.2, -0.15) is 0 Å². The summed E-state index contributed by atoms with van der Waals surface area (Å²) in [5.41, 5.74) is 5.42. The van der Waals surface area contributed by atoms with E-state index in [2.05, 4.69) is 9.47 Å². The highest BCUT2D eigenvalue weighted by Gasteiger charge is 2.23. The second-order valence-electron chi connectivity index (χ2n) is 9.18. The highest BCUT2D eigenvalue weighted by Crippen LogP contribution is 2.28. The van der Waals surface area contributed by atoms with Crippen LogP contribution in [0.4, 0.5) is 4.39 Å². The summed E-state index contributed by atoms with van der Waals surface area (Å²) in [5, 5.41) is 9.70. The lowest BCUT2D eigenvalue weighted by molar-refractivity contribution is 0.0697. The smallest absolute Gasteiger partial charge is 0.335 e. The monoisotopic (exact) mass is 503 g/mol. The van der Waals surface area contributed by atoms with Crippen molar-refractivity contribution in [3.8, 4) is 0 Å². The summed E-state index contributed by atoms with van der Waals surface area (Å²) in [5.74, 6) is 0.581. The largest absolute Gasteiger partial charge is 0.478 e. The molecule has 5 aromatic rings. The summed E-state index contributed by atoms with van der Waals surface area (Å²) < 4.78 is 18.7. The first-order chi connectivity index (χ1) is 17.4. The van der Waals surface area contributed by atoms with Gasteiger partial charge in [0, 0.05) is 31.6 Å². The number of carbonyl (C=O) groups is 1. The summed E-state index contributed by atoms with van der Waals surface area (Å²) in [7, 11) is 1.91. The zero-order valence-corrected chi connectivity index (χ0v) is 20.3. The van der Waals surface area contributed by atoms with E-state index < -0.39 is 5.97 Å². The Balaban J connectivity index is 1.28. The van der Waals surface area contributed by atoms with Crippen LogP contribution in [-0.4, -0.2) is 41.6 Å². The van der Waals surface area contributed by atoms with Crippen LogP contribution in [0.3, 0.4) is 0 Å². The standard InChI is InChI=1S/C27H23ClFN5O2/c1-32-23-12-18(27(35)36)6-8-21(23)30-24(32)14-33-9-10-34-25(15-33)31-22-4-2-3-17(26(22)34)11-16-5-7-19(28)13-20(16)29/h2-8,12-13H,9-11,14-15H2,1H3,(H,35,36). The van der Waals surface area contributed by atoms with E-state index in [9.17, 15) is 14.3 Å². The summed E-state index contributed by atoms with van der Waals surface area (Å²) >= 11 is 5.93. The number of nitrogens with zero attached hydrogens (tertiary/aromatic N) is 5. The lowest BCUT2D eigenvalue weighted by Gasteiger charge is -2.27. The van der Waals surface area contributed by atoms with Crippen molar-refractivity contribution < 1.29 is 14.3 Å². The number of aryl methyl sites for hydroxylation is 1. The predicted molar refractivity (Wildman–Crippen MR) is 136 cm³/mol. The van der Waals surface area contributed by atoms with E-state index in [4.69, 9.17) is 21.6 Å². The van der Waals surface area contributed by atoms with Crippen molar-refractivity contribution in [2.45, 2.75) is 26.1 Å². The molecule has 36 heavy (non-hydrogen) atoms. The van der Waals surface area contributed by atoms with Crippen molar-refractivity contribution in [2.75, 3.05) is 6.54 Å². The number of halogens is 2. The minimum Gasteiger partial charge on any atom is -0.478 e. The topological polar surface area (TPSA) is 76.2 Å². The molecule has 0 atom stereocenters. The number of hydrogen-bond acceptors (Lipinski definition) is 4. The number of hydrogen-bond donors (Lipinski definition) is 1. The van der Waals surface area contributed by atoms with Gasteiger partial charge < -0.3 is 14.2 Å². The number of carboxylic acid groups (broad SMARTS) is 1. The van der Waals surface area contributed by atoms with Gasteiger partial charge >= 0.3 is 5.97 Å². The highest BCUT2D eigenvalue weighted by atomic mass is 35.5. The molecule has 0 radical (unpaired) electrons. The third kappa shape index (κ3) is 3.92. The van der Waals surface area contributed by atoms with E-state index in [1.54, 1.807) is 30.3 Å². The maximum atomic E-state index is 14.5. The SMILES string of the molecule is Cn1c(CN2CCn3c(nc4cccc(Cc5ccc(Cl)cc5F)c43)C2)nc2ccc(C(=O)O)cc21. The maximum Gasteiger partial charge on any atom is 0.335 e. The third-order valence-corrected chi connectivity index (χ3v) is 7.15. The molecule has 2 aromatic heterocycles. The molecular weight excluding hydrogens is 481 g/mol. The average molecular weight is 504 g/mol. The van der Waals surface area contributed by atoms with Gasteiger partial charge in [0.15, 0.2) is 0 Å². The molecule has 3 aromatic carbocycles. The first-order valence-corrected chi connectivity index (χ1v) is 12.1. The molecular formula is C27H23ClFN5O2. The van der Waals surface area contributed by atoms with Crippen LogP contribution >= 0.6 is 11.6 Å². The molecule has 7 nitrogen and oxygen atoms in total. The molecule has 0 bridgehead atoms. The van der Waals surface area contributed by atoms with Gasteiger partial charge in [-0.25, -0.2) is 19.2 Å². The quantitative estimate of drug-likeness (QED) is 0.364. The van der Waals surface area contributed by atoms with E-state index in [1.165, 1.54) is 6.07 Å². The van der Waals surface area contributed by atoms with Gasteiger partial charge in [-0.3, -0.25) is 4.90 Å². The van der Waals surface area contributed by atoms with E-state index >= 15 is 0 Å². The Labute approximate surface area is 211 Å². The lowest BCUT2D eigenvalue weighted by atomic mass is 10.0. The molecule has 6 rings (SSSR count). The second kappa shape index (κ2) is 8.72. The fourth-order valence-electron chi connectivity index (χ4n) is 5.05. The Bertz CT molecular complexity index is 1660. The van der Waals surface area contributed by atoms with Crippen LogP contribution in [0, 0.1) is 5.82 Å². The van der Waals surface area contributed by atoms with Crippen molar-refractivity contribution in [1.82, 2.24) is 24.0 Å². The van der Waals surface area contributed by atoms with Gasteiger partial charge in [0.2, 0.25) is 0 Å². The van der Waals surface area contributed by atoms with Gasteiger partial charge in [0.1, 0.15) is 17.5 Å². The molecule has 1 aliphatic heterocycles. The summed E-state index contributed by atoms with van der Waals surface area (Å²) in [6.45, 7) is 2.86. The van der Waals surface area contributed by atoms with Gasteiger partial charge in [-0.05, 0) is 47.5 Å². The number of aromatic carboxylic acids is 1. The van der Waals surface area contributed by atoms with Crippen molar-refractivity contribution in [2.24, 2.45) is 7.05 Å². The minimum absolute atomic E-state index is 0.248. The van der Waals surface area contributed by atoms with Crippen LogP contribution in [0.15, 0.2) is 54.6 Å². The predicted octanol–water partition coefficient (Wildman–Crippen LogP) is 5.02. The Morgan fingerprint density at radius 2 is 1.92 bits per heavy atom. The molecule has 1 N–H and O–H groups in total. The van der Waals surface area contributed by atoms with Crippen molar-refractivity contribution in [1.29, 1.82) is 0 Å². The molecule has 0 saturated carbocycles. The lowest BCUT2D eigenvalue weighted by Crippen LogP contribution is -2.34. The molecule has 0 spiro atoms. The summed E-state index contributed by atoms with van der Waals surface area (Å²) in [4.78, 5) is 23.3. The summed E-state index contributed by atoms with van der Waals surface area (Å²) in [6, 6.07) is 15.8. The maximum absolute atomic E-state index is 14.5. The van der Waals surface area contributed by atoms with Crippen molar-refractivity contribution >= 4 is 39.6 Å². The number of aromatic nitrogens is 4. The minimum atomic E-state index is -0.951. The van der Waals surface area contributed by atoms with Crippen LogP contribution in [0.1, 0.15) is 33.1 Å². The zero-order chi connectivity index (χ0) is 25.0. The molecule has 3 heterocycles. The zero-order valence-electron chi connectivity index (χ0n) is 19.6. The fraction of sp³-hybridized carbons (Fsp3) is 0.222. The molecule has 0 aliphatic carbocycles. The van der Waals surface area contributed by atoms with E-state index in [-0.39, 0.29) is 11.4 Å². The Morgan fingerprint density at radius 1 is 1.06 bits per heavy atom. The Kier molecular flexibility index (Phi) is 5.50. The molecule has 182 valence electrons. The van der Waals surface area contributed by atoms with Crippen LogP contribution < -0.4 is 0 Å². The Hall–Kier alpha value is -3.75. The van der Waals surface area contributed by atoms with Gasteiger partial charge in [0.25, 0.3) is 0 Å². The Morgan fingerprint density at radius 3 is 2.72 bits per heavy atom. The number of benzene rings is 3. The number of rotatable bonds is 5. The molecule has 1 aliphatic rings. The first kappa shape index (κ1) is 22.7. The number of carboxylic acids is 1. The van der Waals surface area contributed by atoms with Gasteiger partial charge in [-0.1, -0.05) is 29.8 Å². The van der Waals surface area contributed by atoms with Crippen molar-refractivity contribution in [3.05, 3.63) is 93.8 Å². The second-order valence-corrected chi connectivity index (χ2v) is 9.62. The van der Waals surface area contributed by atoms with Crippen LogP contribution in [0.2, 0.25) is 5.02 Å². The van der Waals surface area contributed by atoms with E-state index in [0.29, 0.717) is 30.1 Å². The average Bonchev–Trinajstić information content (AvgIpc) is 3.38. The number of para-hydroxylation sites is 1. The fourth-order valence-corrected chi connectivity index (χ4v) is 5.21. The normalized spacial score (nSPS) is 14.0. The van der Waals surface area contributed by atoms with Crippen LogP contribution in [0.5, 0.6) is 0 Å². The molecule has 0 unspecified atom stereocenters. The van der Waals surface area contributed by atoms with Crippen LogP contribution in [0.25, 0.3) is 22.1 Å². The van der Waals surface area contributed by atoms with Gasteiger partial charge in [0.05, 0.1) is 40.7 Å².